The predicted molar refractivity (Wildman–Crippen MR) is 269 cm³/mol. The van der Waals surface area contributed by atoms with Crippen LogP contribution in [0.15, 0.2) is 122 Å². The zero-order valence-electron chi connectivity index (χ0n) is 40.3. The number of esters is 3. The van der Waals surface area contributed by atoms with Crippen molar-refractivity contribution in [1.82, 2.24) is 0 Å². The highest BCUT2D eigenvalue weighted by Crippen LogP contribution is 2.13. The maximum Gasteiger partial charge on any atom is 0.306 e. The maximum absolute atomic E-state index is 12.8. The summed E-state index contributed by atoms with van der Waals surface area (Å²) in [7, 11) is 0. The summed E-state index contributed by atoms with van der Waals surface area (Å²) in [6.45, 7) is 6.31. The van der Waals surface area contributed by atoms with Gasteiger partial charge in [0.05, 0.1) is 0 Å². The molecule has 0 amide bonds. The van der Waals surface area contributed by atoms with Crippen LogP contribution in [0.5, 0.6) is 0 Å². The summed E-state index contributed by atoms with van der Waals surface area (Å²) in [5.41, 5.74) is 0. The van der Waals surface area contributed by atoms with Gasteiger partial charge in [0.2, 0.25) is 0 Å². The van der Waals surface area contributed by atoms with Crippen LogP contribution in [0.4, 0.5) is 0 Å². The second-order valence-corrected chi connectivity index (χ2v) is 16.2. The first-order valence-corrected chi connectivity index (χ1v) is 25.2. The third-order valence-electron chi connectivity index (χ3n) is 10.1. The predicted octanol–water partition coefficient (Wildman–Crippen LogP) is 16.5. The summed E-state index contributed by atoms with van der Waals surface area (Å²) in [4.78, 5) is 37.9. The number of allylic oxidation sites excluding steroid dienone is 20. The van der Waals surface area contributed by atoms with Gasteiger partial charge < -0.3 is 14.2 Å². The van der Waals surface area contributed by atoms with Crippen molar-refractivity contribution in [3.63, 3.8) is 0 Å². The molecule has 0 aliphatic heterocycles. The second-order valence-electron chi connectivity index (χ2n) is 16.2. The third-order valence-corrected chi connectivity index (χ3v) is 10.1. The lowest BCUT2D eigenvalue weighted by molar-refractivity contribution is -0.167. The Morgan fingerprint density at radius 3 is 1.08 bits per heavy atom. The van der Waals surface area contributed by atoms with Crippen LogP contribution in [0.25, 0.3) is 0 Å². The van der Waals surface area contributed by atoms with Gasteiger partial charge >= 0.3 is 17.9 Å². The monoisotopic (exact) mass is 871 g/mol. The van der Waals surface area contributed by atoms with Crippen LogP contribution < -0.4 is 0 Å². The molecule has 0 heterocycles. The SMILES string of the molecule is CC\C=C/C=C\C=C/C=C\CCCCCCCC(=O)OC(COC(=O)CCCCCCC\C=C/C=C\C=C/C=C\C=C/CCC)COC(=O)CCCCCCC/C=C\CCCCC. The Morgan fingerprint density at radius 2 is 0.667 bits per heavy atom. The molecule has 0 aliphatic rings. The van der Waals surface area contributed by atoms with Gasteiger partial charge in [0.15, 0.2) is 6.10 Å². The molecule has 0 aromatic rings. The van der Waals surface area contributed by atoms with Crippen LogP contribution >= 0.6 is 0 Å². The minimum atomic E-state index is -0.807. The van der Waals surface area contributed by atoms with Crippen molar-refractivity contribution in [1.29, 1.82) is 0 Å². The molecule has 6 heteroatoms. The summed E-state index contributed by atoms with van der Waals surface area (Å²) < 4.78 is 16.7. The highest BCUT2D eigenvalue weighted by molar-refractivity contribution is 5.71. The first kappa shape index (κ1) is 58.8. The van der Waals surface area contributed by atoms with Crippen LogP contribution in [0, 0.1) is 0 Å². The molecular formula is C57H90O6. The number of carbonyl (C=O) groups is 3. The van der Waals surface area contributed by atoms with E-state index in [4.69, 9.17) is 14.2 Å². The van der Waals surface area contributed by atoms with Crippen molar-refractivity contribution in [3.8, 4) is 0 Å². The van der Waals surface area contributed by atoms with Crippen LogP contribution in [-0.2, 0) is 28.6 Å². The van der Waals surface area contributed by atoms with Gasteiger partial charge in [-0.2, -0.15) is 0 Å². The normalized spacial score (nSPS) is 13.1. The van der Waals surface area contributed by atoms with Gasteiger partial charge in [-0.3, -0.25) is 14.4 Å². The van der Waals surface area contributed by atoms with Gasteiger partial charge in [-0.1, -0.05) is 219 Å². The minimum Gasteiger partial charge on any atom is -0.462 e. The number of unbranched alkanes of at least 4 members (excludes halogenated alkanes) is 19. The molecule has 1 atom stereocenters. The Morgan fingerprint density at radius 1 is 0.333 bits per heavy atom. The van der Waals surface area contributed by atoms with Crippen LogP contribution in [0.1, 0.15) is 201 Å². The Labute approximate surface area is 386 Å². The fourth-order valence-corrected chi connectivity index (χ4v) is 6.36. The zero-order chi connectivity index (χ0) is 45.8. The van der Waals surface area contributed by atoms with Crippen LogP contribution in [0.2, 0.25) is 0 Å². The lowest BCUT2D eigenvalue weighted by Gasteiger charge is -2.18. The highest BCUT2D eigenvalue weighted by atomic mass is 16.6. The number of hydrogen-bond donors (Lipinski definition) is 0. The van der Waals surface area contributed by atoms with Gasteiger partial charge in [0.1, 0.15) is 13.2 Å². The largest absolute Gasteiger partial charge is 0.462 e. The lowest BCUT2D eigenvalue weighted by atomic mass is 10.1. The average molecular weight is 871 g/mol. The first-order valence-electron chi connectivity index (χ1n) is 25.2. The van der Waals surface area contributed by atoms with Crippen LogP contribution in [0.3, 0.4) is 0 Å². The van der Waals surface area contributed by atoms with Crippen molar-refractivity contribution in [3.05, 3.63) is 122 Å². The standard InChI is InChI=1S/C57H90O6/c1-4-7-10-13-16-19-22-25-27-28-29-31-32-35-38-41-44-47-50-56(59)62-53-54(52-61-55(58)49-46-43-40-37-34-24-21-18-15-12-9-6-3)63-57(60)51-48-45-42-39-36-33-30-26-23-20-17-14-11-8-5-2/h8,10-11,13-14,16-23,25-31,54H,4-7,9,12,15,24,32-53H2,1-3H3/b11-8-,13-10-,17-14-,19-16-,21-18-,23-20-,25-22-,28-27-,30-26-,31-29-. The molecule has 0 radical (unpaired) electrons. The smallest absolute Gasteiger partial charge is 0.306 e. The quantitative estimate of drug-likeness (QED) is 0.0200. The van der Waals surface area contributed by atoms with Crippen molar-refractivity contribution >= 4 is 17.9 Å². The molecule has 0 saturated carbocycles. The second kappa shape index (κ2) is 50.5. The molecule has 0 bridgehead atoms. The van der Waals surface area contributed by atoms with Gasteiger partial charge in [0.25, 0.3) is 0 Å². The van der Waals surface area contributed by atoms with Crippen molar-refractivity contribution in [2.75, 3.05) is 13.2 Å². The van der Waals surface area contributed by atoms with E-state index in [-0.39, 0.29) is 37.5 Å². The molecule has 0 saturated heterocycles. The topological polar surface area (TPSA) is 78.9 Å². The molecule has 0 fully saturated rings. The molecule has 0 rings (SSSR count). The molecule has 354 valence electrons. The van der Waals surface area contributed by atoms with E-state index in [0.29, 0.717) is 12.8 Å². The molecule has 0 aromatic carbocycles. The maximum atomic E-state index is 12.8. The molecule has 0 N–H and O–H groups in total. The molecule has 0 spiro atoms. The number of carbonyl (C=O) groups excluding carboxylic acids is 3. The molecule has 0 aromatic heterocycles. The molecule has 63 heavy (non-hydrogen) atoms. The van der Waals surface area contributed by atoms with E-state index in [1.54, 1.807) is 0 Å². The minimum absolute atomic E-state index is 0.105. The average Bonchev–Trinajstić information content (AvgIpc) is 3.28. The van der Waals surface area contributed by atoms with E-state index < -0.39 is 6.10 Å². The zero-order valence-corrected chi connectivity index (χ0v) is 40.3. The van der Waals surface area contributed by atoms with Crippen molar-refractivity contribution in [2.24, 2.45) is 0 Å². The number of rotatable bonds is 43. The molecular weight excluding hydrogens is 781 g/mol. The summed E-state index contributed by atoms with van der Waals surface area (Å²) in [6.07, 6.45) is 68.8. The summed E-state index contributed by atoms with van der Waals surface area (Å²) >= 11 is 0. The Kier molecular flexibility index (Phi) is 47.1. The van der Waals surface area contributed by atoms with Crippen molar-refractivity contribution in [2.45, 2.75) is 207 Å². The Hall–Kier alpha value is -4.19. The van der Waals surface area contributed by atoms with E-state index in [2.05, 4.69) is 81.5 Å². The van der Waals surface area contributed by atoms with Gasteiger partial charge in [-0.05, 0) is 83.5 Å². The van der Waals surface area contributed by atoms with Crippen molar-refractivity contribution < 1.29 is 28.6 Å². The Balaban J connectivity index is 4.52. The van der Waals surface area contributed by atoms with Gasteiger partial charge in [0, 0.05) is 19.3 Å². The molecule has 1 unspecified atom stereocenters. The van der Waals surface area contributed by atoms with E-state index in [0.717, 1.165) is 122 Å². The Bertz CT molecular complexity index is 1370. The van der Waals surface area contributed by atoms with Gasteiger partial charge in [-0.15, -0.1) is 0 Å². The van der Waals surface area contributed by atoms with E-state index in [1.165, 1.54) is 38.5 Å². The van der Waals surface area contributed by atoms with Gasteiger partial charge in [-0.25, -0.2) is 0 Å². The van der Waals surface area contributed by atoms with E-state index >= 15 is 0 Å². The molecule has 6 nitrogen and oxygen atoms in total. The molecule has 0 aliphatic carbocycles. The summed E-state index contributed by atoms with van der Waals surface area (Å²) in [6, 6.07) is 0. The third kappa shape index (κ3) is 48.7. The highest BCUT2D eigenvalue weighted by Gasteiger charge is 2.19. The summed E-state index contributed by atoms with van der Waals surface area (Å²) in [5, 5.41) is 0. The summed E-state index contributed by atoms with van der Waals surface area (Å²) in [5.74, 6) is -0.971. The lowest BCUT2D eigenvalue weighted by Crippen LogP contribution is -2.30. The first-order chi connectivity index (χ1) is 31.0. The fraction of sp³-hybridized carbons (Fsp3) is 0.596. The number of ether oxygens (including phenoxy) is 3. The number of hydrogen-bond acceptors (Lipinski definition) is 6. The van der Waals surface area contributed by atoms with E-state index in [1.807, 2.05) is 60.8 Å². The van der Waals surface area contributed by atoms with E-state index in [9.17, 15) is 14.4 Å². The van der Waals surface area contributed by atoms with Crippen LogP contribution in [-0.4, -0.2) is 37.2 Å². The fourth-order valence-electron chi connectivity index (χ4n) is 6.36.